The van der Waals surface area contributed by atoms with Crippen molar-refractivity contribution in [3.05, 3.63) is 137 Å². The highest BCUT2D eigenvalue weighted by atomic mass is 35.5. The lowest BCUT2D eigenvalue weighted by Gasteiger charge is -2.37. The first-order valence-corrected chi connectivity index (χ1v) is 35.3. The van der Waals surface area contributed by atoms with Gasteiger partial charge in [-0.25, -0.2) is 19.2 Å². The van der Waals surface area contributed by atoms with E-state index in [4.69, 9.17) is 16.3 Å². The molecule has 0 unspecified atom stereocenters. The molecule has 0 bridgehead atoms. The largest absolute Gasteiger partial charge is 0.485 e. The normalized spacial score (nSPS) is 18.0. The van der Waals surface area contributed by atoms with Gasteiger partial charge in [-0.2, -0.15) is 0 Å². The second-order valence-electron chi connectivity index (χ2n) is 28.2. The number of carboxylic acid groups (broad SMARTS) is 2. The average Bonchev–Trinajstić information content (AvgIpc) is 1.55. The van der Waals surface area contributed by atoms with Crippen LogP contribution in [0.1, 0.15) is 108 Å². The molecule has 31 heteroatoms. The van der Waals surface area contributed by atoms with Crippen molar-refractivity contribution in [2.24, 2.45) is 5.92 Å². The maximum atomic E-state index is 16.0. The van der Waals surface area contributed by atoms with E-state index >= 15 is 28.4 Å². The fourth-order valence-electron chi connectivity index (χ4n) is 14.0. The van der Waals surface area contributed by atoms with Crippen LogP contribution in [0.2, 0.25) is 5.02 Å². The van der Waals surface area contributed by atoms with Gasteiger partial charge in [0.15, 0.2) is 11.6 Å². The number of hydrogen-bond donors (Lipinski definition) is 9. The zero-order chi connectivity index (χ0) is 75.4. The van der Waals surface area contributed by atoms with Gasteiger partial charge in [0, 0.05) is 107 Å². The minimum Gasteiger partial charge on any atom is -0.485 e. The standard InChI is InChI=1S/C73H93ClFN15O14/c1-41(2)62(76-6)71(101)86(8)58(33-46-37-77-39-80-46)65(95)82-51(30-43-22-25-60(49(75)29-43)104-73(3,4)5)67(97)89-27-13-18-55(89)69(99)87(9)59(34-47-38-78-40-81-47)70(100)88-26-12-17-54(88)63(93)83-52(32-44-36-79-50-16-11-10-15-48(44)50)66(96)85(7)57(31-42-20-23-45(74)24-21-42)64(94)84-53(35-61(91)92)68(98)90-28-14-19-56(90)72(102)103/h10-11,15-16,20-25,29,36-41,51-59,62,76,79H,12-14,17-19,26-28,30-35H2,1-9H3,(H,77,80)(H,78,81)(H,82,95)(H,83,93)(H,84,94)(H,91,92)(H,102,103)/t51-,52-,53-,54-,55-,56-,57-,58-,59-,62-/m0/s1. The third-order valence-electron chi connectivity index (χ3n) is 19.5. The third-order valence-corrected chi connectivity index (χ3v) is 19.7. The number of carbonyl (C=O) groups excluding carboxylic acids is 9. The minimum absolute atomic E-state index is 0.00569. The van der Waals surface area contributed by atoms with Crippen molar-refractivity contribution >= 4 is 87.6 Å². The summed E-state index contributed by atoms with van der Waals surface area (Å²) < 4.78 is 21.8. The van der Waals surface area contributed by atoms with Crippen molar-refractivity contribution in [3.8, 4) is 5.75 Å². The number of aliphatic carboxylic acids is 2. The minimum atomic E-state index is -1.75. The predicted octanol–water partition coefficient (Wildman–Crippen LogP) is 3.81. The molecular weight excluding hydrogens is 1370 g/mol. The molecule has 6 heterocycles. The first-order valence-electron chi connectivity index (χ1n) is 34.9. The summed E-state index contributed by atoms with van der Waals surface area (Å²) in [6.07, 6.45) is 7.05. The van der Waals surface area contributed by atoms with Crippen LogP contribution >= 0.6 is 11.6 Å². The van der Waals surface area contributed by atoms with Crippen molar-refractivity contribution in [2.45, 2.75) is 178 Å². The maximum Gasteiger partial charge on any atom is 0.326 e. The number of para-hydroxylation sites is 1. The first kappa shape index (κ1) is 77.9. The van der Waals surface area contributed by atoms with E-state index in [0.29, 0.717) is 57.7 Å². The van der Waals surface area contributed by atoms with Gasteiger partial charge in [-0.3, -0.25) is 47.9 Å². The number of likely N-dealkylation sites (tertiary alicyclic amines) is 3. The monoisotopic (exact) mass is 1460 g/mol. The number of benzene rings is 3. The lowest BCUT2D eigenvalue weighted by molar-refractivity contribution is -0.152. The Bertz CT molecular complexity index is 4070. The van der Waals surface area contributed by atoms with E-state index in [2.05, 4.69) is 46.2 Å². The molecule has 9 rings (SSSR count). The van der Waals surface area contributed by atoms with E-state index in [9.17, 15) is 39.0 Å². The molecule has 10 atom stereocenters. The Balaban J connectivity index is 0.998. The Morgan fingerprint density at radius 1 is 0.635 bits per heavy atom. The number of carboxylic acids is 2. The fourth-order valence-corrected chi connectivity index (χ4v) is 14.2. The van der Waals surface area contributed by atoms with Crippen LogP contribution in [0.15, 0.2) is 98.0 Å². The zero-order valence-electron chi connectivity index (χ0n) is 59.8. The number of nitrogens with one attached hydrogen (secondary N) is 7. The highest BCUT2D eigenvalue weighted by Crippen LogP contribution is 2.30. The average molecular weight is 1460 g/mol. The number of imidazole rings is 2. The first-order chi connectivity index (χ1) is 49.4. The van der Waals surface area contributed by atoms with E-state index in [1.807, 2.05) is 32.0 Å². The Morgan fingerprint density at radius 3 is 1.76 bits per heavy atom. The molecule has 6 aromatic rings. The molecule has 9 amide bonds. The smallest absolute Gasteiger partial charge is 0.326 e. The summed E-state index contributed by atoms with van der Waals surface area (Å²) in [6, 6.07) is 4.55. The molecule has 29 nitrogen and oxygen atoms in total. The third kappa shape index (κ3) is 18.9. The van der Waals surface area contributed by atoms with Crippen LogP contribution in [0.25, 0.3) is 10.9 Å². The lowest BCUT2D eigenvalue weighted by atomic mass is 9.99. The van der Waals surface area contributed by atoms with Crippen molar-refractivity contribution in [2.75, 3.05) is 47.8 Å². The maximum absolute atomic E-state index is 16.0. The Kier molecular flexibility index (Phi) is 25.8. The number of hydrogen-bond acceptors (Lipinski definition) is 15. The van der Waals surface area contributed by atoms with Gasteiger partial charge in [0.25, 0.3) is 0 Å². The Hall–Kier alpha value is -10.2. The Labute approximate surface area is 606 Å². The van der Waals surface area contributed by atoms with Gasteiger partial charge in [0.1, 0.15) is 60.0 Å². The van der Waals surface area contributed by atoms with Gasteiger partial charge in [0.05, 0.1) is 36.5 Å². The van der Waals surface area contributed by atoms with Crippen LogP contribution in [0, 0.1) is 11.7 Å². The number of aromatic nitrogens is 5. The van der Waals surface area contributed by atoms with Gasteiger partial charge in [-0.15, -0.1) is 0 Å². The van der Waals surface area contributed by atoms with Crippen LogP contribution in [-0.2, 0) is 84.8 Å². The number of halogens is 2. The molecule has 3 aromatic heterocycles. The number of H-pyrrole nitrogens is 3. The Morgan fingerprint density at radius 2 is 1.18 bits per heavy atom. The molecule has 558 valence electrons. The second-order valence-corrected chi connectivity index (χ2v) is 28.6. The number of amides is 9. The fraction of sp³-hybridized carbons (Fsp3) is 0.493. The number of carbonyl (C=O) groups is 11. The predicted molar refractivity (Wildman–Crippen MR) is 379 cm³/mol. The summed E-state index contributed by atoms with van der Waals surface area (Å²) in [4.78, 5) is 185. The van der Waals surface area contributed by atoms with Gasteiger partial charge in [-0.1, -0.05) is 61.8 Å². The van der Waals surface area contributed by atoms with E-state index in [0.717, 1.165) is 9.80 Å². The van der Waals surface area contributed by atoms with Crippen LogP contribution in [0.4, 0.5) is 4.39 Å². The quantitative estimate of drug-likeness (QED) is 0.0299. The number of aromatic amines is 3. The molecule has 0 spiro atoms. The summed E-state index contributed by atoms with van der Waals surface area (Å²) in [5.41, 5.74) is 2.09. The van der Waals surface area contributed by atoms with E-state index in [1.165, 1.54) is 65.5 Å². The number of ether oxygens (including phenoxy) is 1. The SMILES string of the molecule is CN[C@H](C(=O)N(C)[C@@H](Cc1c[nH]cn1)C(=O)N[C@@H](Cc1ccc(OC(C)(C)C)c(F)c1)C(=O)N1CCC[C@H]1C(=O)N(C)[C@@H](Cc1c[nH]cn1)C(=O)N1CCC[C@H]1C(=O)N[C@@H](Cc1c[nH]c2ccccc12)C(=O)N(C)[C@@H](Cc1ccc(Cl)cc1)C(=O)N[C@@H](CC(=O)O)C(=O)N1CCC[C@H]1C(=O)O)C(C)C. The van der Waals surface area contributed by atoms with Crippen LogP contribution in [0.5, 0.6) is 5.75 Å². The number of fused-ring (bicyclic) bond motifs is 1. The second kappa shape index (κ2) is 34.4. The molecule has 0 saturated carbocycles. The summed E-state index contributed by atoms with van der Waals surface area (Å²) >= 11 is 6.27. The lowest BCUT2D eigenvalue weighted by Crippen LogP contribution is -2.61. The number of nitrogens with zero attached hydrogens (tertiary/aromatic N) is 8. The molecule has 104 heavy (non-hydrogen) atoms. The molecule has 9 N–H and O–H groups in total. The van der Waals surface area contributed by atoms with Crippen LogP contribution < -0.4 is 26.0 Å². The van der Waals surface area contributed by atoms with E-state index < -0.39 is 143 Å². The molecule has 3 aromatic carbocycles. The molecule has 0 radical (unpaired) electrons. The van der Waals surface area contributed by atoms with Gasteiger partial charge >= 0.3 is 11.9 Å². The molecule has 3 saturated heterocycles. The van der Waals surface area contributed by atoms with Crippen molar-refractivity contribution < 1.29 is 72.1 Å². The molecule has 3 fully saturated rings. The topological polar surface area (TPSA) is 378 Å². The number of rotatable bonds is 31. The molecule has 0 aliphatic carbocycles. The molecule has 3 aliphatic rings. The van der Waals surface area contributed by atoms with Crippen molar-refractivity contribution in [3.63, 3.8) is 0 Å². The van der Waals surface area contributed by atoms with E-state index in [-0.39, 0.29) is 88.2 Å². The molecule has 3 aliphatic heterocycles. The van der Waals surface area contributed by atoms with Gasteiger partial charge in [0.2, 0.25) is 53.2 Å². The van der Waals surface area contributed by atoms with Crippen molar-refractivity contribution in [1.29, 1.82) is 0 Å². The van der Waals surface area contributed by atoms with Gasteiger partial charge in [-0.05, 0) is 119 Å². The van der Waals surface area contributed by atoms with E-state index in [1.54, 1.807) is 82.8 Å². The zero-order valence-corrected chi connectivity index (χ0v) is 60.6. The van der Waals surface area contributed by atoms with Crippen LogP contribution in [0.3, 0.4) is 0 Å². The highest BCUT2D eigenvalue weighted by Gasteiger charge is 2.47. The summed E-state index contributed by atoms with van der Waals surface area (Å²) in [7, 11) is 5.85. The van der Waals surface area contributed by atoms with Gasteiger partial charge < -0.3 is 80.6 Å². The summed E-state index contributed by atoms with van der Waals surface area (Å²) in [5.74, 6) is -10.4. The summed E-state index contributed by atoms with van der Waals surface area (Å²) in [6.45, 7) is 9.03. The number of likely N-dealkylation sites (N-methyl/N-ethyl adjacent to an activating group) is 4. The molecular formula is C73H93ClFN15O14. The highest BCUT2D eigenvalue weighted by molar-refractivity contribution is 6.30. The van der Waals surface area contributed by atoms with Crippen molar-refractivity contribution in [1.82, 2.24) is 75.6 Å². The van der Waals surface area contributed by atoms with Crippen LogP contribution in [-0.4, -0.2) is 243 Å². The summed E-state index contributed by atoms with van der Waals surface area (Å²) in [5, 5.41) is 32.4.